The Bertz CT molecular complexity index is 1120. The van der Waals surface area contributed by atoms with Crippen molar-refractivity contribution in [3.63, 3.8) is 0 Å². The highest BCUT2D eigenvalue weighted by Crippen LogP contribution is 2.61. The number of alkyl halides is 1. The zero-order chi connectivity index (χ0) is 24.7. The zero-order valence-corrected chi connectivity index (χ0v) is 20.9. The average molecular weight is 542 g/mol. The number of hydrogen-bond acceptors (Lipinski definition) is 5. The molecule has 3 aliphatic heterocycles. The Morgan fingerprint density at radius 1 is 1.14 bits per heavy atom. The van der Waals surface area contributed by atoms with Crippen molar-refractivity contribution in [2.24, 2.45) is 11.8 Å². The van der Waals surface area contributed by atoms with Crippen molar-refractivity contribution in [3.05, 3.63) is 71.8 Å². The van der Waals surface area contributed by atoms with E-state index in [-0.39, 0.29) is 35.7 Å². The Hall–Kier alpha value is -2.75. The molecule has 3 saturated heterocycles. The van der Waals surface area contributed by atoms with Crippen molar-refractivity contribution in [2.45, 2.75) is 41.6 Å². The highest BCUT2D eigenvalue weighted by Gasteiger charge is 2.77. The zero-order valence-electron chi connectivity index (χ0n) is 19.3. The highest BCUT2D eigenvalue weighted by molar-refractivity contribution is 9.09. The summed E-state index contributed by atoms with van der Waals surface area (Å²) in [4.78, 5) is 42.0. The predicted octanol–water partition coefficient (Wildman–Crippen LogP) is 1.53. The Kier molecular flexibility index (Phi) is 6.41. The standard InChI is InChI=1S/C26H28BrN3O5/c1-28-23(32)19-20-25(34)30(18(14-31)16-10-6-3-7-11-16)22(26(20)12-17(27)21(19)35-26)24(33)29-13-15-8-4-2-5-9-15/h2-11,17-22,31H,12-14H2,1H3,(H,28,32)(H,29,33)/t17?,18-,19-,20+,21-,22?,26?/m1/s1. The lowest BCUT2D eigenvalue weighted by molar-refractivity contribution is -0.145. The Labute approximate surface area is 212 Å². The third kappa shape index (κ3) is 3.77. The fourth-order valence-corrected chi connectivity index (χ4v) is 7.02. The third-order valence-corrected chi connectivity index (χ3v) is 8.37. The van der Waals surface area contributed by atoms with E-state index in [2.05, 4.69) is 26.6 Å². The molecule has 7 atom stereocenters. The van der Waals surface area contributed by atoms with Crippen molar-refractivity contribution < 1.29 is 24.2 Å². The molecule has 5 rings (SSSR count). The normalized spacial score (nSPS) is 31.8. The van der Waals surface area contributed by atoms with E-state index in [9.17, 15) is 19.5 Å². The monoisotopic (exact) mass is 541 g/mol. The molecular weight excluding hydrogens is 514 g/mol. The van der Waals surface area contributed by atoms with Gasteiger partial charge in [0.05, 0.1) is 30.6 Å². The summed E-state index contributed by atoms with van der Waals surface area (Å²) in [5.41, 5.74) is 0.462. The van der Waals surface area contributed by atoms with Crippen molar-refractivity contribution in [1.29, 1.82) is 0 Å². The Balaban J connectivity index is 1.56. The van der Waals surface area contributed by atoms with Gasteiger partial charge in [-0.3, -0.25) is 14.4 Å². The van der Waals surface area contributed by atoms with Gasteiger partial charge in [-0.1, -0.05) is 76.6 Å². The van der Waals surface area contributed by atoms with Gasteiger partial charge in [0.15, 0.2) is 0 Å². The first kappa shape index (κ1) is 24.0. The topological polar surface area (TPSA) is 108 Å². The number of rotatable bonds is 7. The Morgan fingerprint density at radius 3 is 2.43 bits per heavy atom. The second-order valence-electron chi connectivity index (χ2n) is 9.34. The SMILES string of the molecule is CNC(=O)[C@H]1[C@@H]2OC3(CC2Br)C(C(=O)NCc2ccccc2)N([C@H](CO)c2ccccc2)C(=O)[C@H]13. The number of hydrogen-bond donors (Lipinski definition) is 3. The van der Waals surface area contributed by atoms with Crippen LogP contribution in [0.3, 0.4) is 0 Å². The van der Waals surface area contributed by atoms with E-state index in [0.717, 1.165) is 5.56 Å². The number of aliphatic hydroxyl groups excluding tert-OH is 1. The molecule has 0 saturated carbocycles. The lowest BCUT2D eigenvalue weighted by Crippen LogP contribution is -2.56. The van der Waals surface area contributed by atoms with Crippen LogP contribution in [-0.2, 0) is 25.7 Å². The van der Waals surface area contributed by atoms with Gasteiger partial charge in [0, 0.05) is 18.4 Å². The number of nitrogens with one attached hydrogen (secondary N) is 2. The van der Waals surface area contributed by atoms with Crippen LogP contribution in [0.25, 0.3) is 0 Å². The maximum atomic E-state index is 14.0. The summed E-state index contributed by atoms with van der Waals surface area (Å²) in [5, 5.41) is 16.1. The number of amides is 3. The molecule has 9 heteroatoms. The summed E-state index contributed by atoms with van der Waals surface area (Å²) >= 11 is 3.64. The minimum Gasteiger partial charge on any atom is -0.394 e. The second-order valence-corrected chi connectivity index (χ2v) is 10.5. The van der Waals surface area contributed by atoms with E-state index in [1.807, 2.05) is 60.7 Å². The number of aliphatic hydroxyl groups is 1. The minimum absolute atomic E-state index is 0.178. The molecule has 0 radical (unpaired) electrons. The van der Waals surface area contributed by atoms with Crippen molar-refractivity contribution in [3.8, 4) is 0 Å². The molecule has 3 unspecified atom stereocenters. The van der Waals surface area contributed by atoms with Crippen LogP contribution < -0.4 is 10.6 Å². The summed E-state index contributed by atoms with van der Waals surface area (Å²) in [5.74, 6) is -2.54. The summed E-state index contributed by atoms with van der Waals surface area (Å²) in [6.45, 7) is -0.0824. The van der Waals surface area contributed by atoms with E-state index in [1.54, 1.807) is 0 Å². The maximum Gasteiger partial charge on any atom is 0.246 e. The number of carbonyl (C=O) groups is 3. The van der Waals surface area contributed by atoms with E-state index >= 15 is 0 Å². The maximum absolute atomic E-state index is 14.0. The molecule has 0 aliphatic carbocycles. The summed E-state index contributed by atoms with van der Waals surface area (Å²) in [6, 6.07) is 16.9. The van der Waals surface area contributed by atoms with Gasteiger partial charge in [-0.25, -0.2) is 0 Å². The highest BCUT2D eigenvalue weighted by atomic mass is 79.9. The number of benzene rings is 2. The molecule has 8 nitrogen and oxygen atoms in total. The van der Waals surface area contributed by atoms with Crippen LogP contribution in [0.15, 0.2) is 60.7 Å². The number of fused-ring (bicyclic) bond motifs is 1. The van der Waals surface area contributed by atoms with E-state index < -0.39 is 35.6 Å². The van der Waals surface area contributed by atoms with Gasteiger partial charge in [-0.2, -0.15) is 0 Å². The van der Waals surface area contributed by atoms with Crippen LogP contribution in [0.2, 0.25) is 0 Å². The van der Waals surface area contributed by atoms with Crippen LogP contribution in [0.1, 0.15) is 23.6 Å². The largest absolute Gasteiger partial charge is 0.394 e. The van der Waals surface area contributed by atoms with Gasteiger partial charge in [-0.05, 0) is 17.5 Å². The van der Waals surface area contributed by atoms with E-state index in [1.165, 1.54) is 11.9 Å². The number of carbonyl (C=O) groups excluding carboxylic acids is 3. The second kappa shape index (κ2) is 9.37. The van der Waals surface area contributed by atoms with Crippen molar-refractivity contribution in [1.82, 2.24) is 15.5 Å². The third-order valence-electron chi connectivity index (χ3n) is 7.53. The number of nitrogens with zero attached hydrogens (tertiary/aromatic N) is 1. The van der Waals surface area contributed by atoms with Gasteiger partial charge in [0.1, 0.15) is 11.6 Å². The van der Waals surface area contributed by atoms with E-state index in [4.69, 9.17) is 4.74 Å². The summed E-state index contributed by atoms with van der Waals surface area (Å²) in [7, 11) is 1.53. The van der Waals surface area contributed by atoms with Gasteiger partial charge in [0.25, 0.3) is 0 Å². The van der Waals surface area contributed by atoms with Gasteiger partial charge in [-0.15, -0.1) is 0 Å². The molecule has 184 valence electrons. The van der Waals surface area contributed by atoms with Gasteiger partial charge < -0.3 is 25.4 Å². The number of halogens is 1. The van der Waals surface area contributed by atoms with Crippen LogP contribution in [-0.4, -0.2) is 64.0 Å². The lowest BCUT2D eigenvalue weighted by Gasteiger charge is -2.37. The number of likely N-dealkylation sites (tertiary alicyclic amines) is 1. The minimum atomic E-state index is -1.17. The number of ether oxygens (including phenoxy) is 1. The molecule has 2 aromatic rings. The molecule has 2 bridgehead atoms. The fraction of sp³-hybridized carbons (Fsp3) is 0.423. The smallest absolute Gasteiger partial charge is 0.246 e. The van der Waals surface area contributed by atoms with Crippen LogP contribution in [0, 0.1) is 11.8 Å². The van der Waals surface area contributed by atoms with Gasteiger partial charge >= 0.3 is 0 Å². The van der Waals surface area contributed by atoms with Crippen molar-refractivity contribution in [2.75, 3.05) is 13.7 Å². The van der Waals surface area contributed by atoms with Crippen LogP contribution in [0.4, 0.5) is 0 Å². The molecule has 3 aliphatic rings. The predicted molar refractivity (Wildman–Crippen MR) is 131 cm³/mol. The van der Waals surface area contributed by atoms with Crippen LogP contribution in [0.5, 0.6) is 0 Å². The first-order valence-corrected chi connectivity index (χ1v) is 12.7. The molecule has 35 heavy (non-hydrogen) atoms. The molecule has 3 fully saturated rings. The lowest BCUT2D eigenvalue weighted by atomic mass is 9.70. The summed E-state index contributed by atoms with van der Waals surface area (Å²) < 4.78 is 6.44. The van der Waals surface area contributed by atoms with Gasteiger partial charge in [0.2, 0.25) is 17.7 Å². The van der Waals surface area contributed by atoms with E-state index in [0.29, 0.717) is 12.0 Å². The molecule has 3 heterocycles. The quantitative estimate of drug-likeness (QED) is 0.461. The first-order chi connectivity index (χ1) is 16.9. The molecule has 2 aromatic carbocycles. The van der Waals surface area contributed by atoms with Crippen molar-refractivity contribution >= 4 is 33.7 Å². The molecule has 0 aromatic heterocycles. The average Bonchev–Trinajstić information content (AvgIpc) is 3.48. The molecule has 3 amide bonds. The fourth-order valence-electron chi connectivity index (χ4n) is 6.08. The molecule has 1 spiro atoms. The first-order valence-electron chi connectivity index (χ1n) is 11.8. The molecular formula is C26H28BrN3O5. The Morgan fingerprint density at radius 2 is 1.80 bits per heavy atom. The van der Waals surface area contributed by atoms with Crippen LogP contribution >= 0.6 is 15.9 Å². The molecule has 3 N–H and O–H groups in total. The summed E-state index contributed by atoms with van der Waals surface area (Å²) in [6.07, 6.45) is -0.103.